The quantitative estimate of drug-likeness (QED) is 0.517. The van der Waals surface area contributed by atoms with Crippen molar-refractivity contribution >= 4 is 5.76 Å². The maximum atomic E-state index is 8.66. The first-order chi connectivity index (χ1) is 6.83. The van der Waals surface area contributed by atoms with E-state index in [2.05, 4.69) is 4.98 Å². The number of rotatable bonds is 2. The van der Waals surface area contributed by atoms with Gasteiger partial charge in [0.25, 0.3) is 0 Å². The summed E-state index contributed by atoms with van der Waals surface area (Å²) < 4.78 is 4.99. The van der Waals surface area contributed by atoms with Crippen LogP contribution in [0.5, 0.6) is 0 Å². The van der Waals surface area contributed by atoms with Gasteiger partial charge in [0.05, 0.1) is 7.11 Å². The van der Waals surface area contributed by atoms with E-state index in [1.807, 2.05) is 0 Å². The third-order valence-electron chi connectivity index (χ3n) is 1.60. The van der Waals surface area contributed by atoms with Gasteiger partial charge in [-0.2, -0.15) is 10.5 Å². The number of methoxy groups -OCH3 is 1. The van der Waals surface area contributed by atoms with Crippen LogP contribution in [0.3, 0.4) is 0 Å². The molecule has 0 saturated carbocycles. The van der Waals surface area contributed by atoms with Gasteiger partial charge in [-0.25, -0.2) is 0 Å². The third kappa shape index (κ3) is 1.88. The minimum absolute atomic E-state index is 0.0429. The molecule has 0 bridgehead atoms. The molecule has 0 amide bonds. The smallest absolute Gasteiger partial charge is 0.172 e. The zero-order valence-electron chi connectivity index (χ0n) is 7.56. The van der Waals surface area contributed by atoms with Gasteiger partial charge in [0.15, 0.2) is 11.3 Å². The lowest BCUT2D eigenvalue weighted by Gasteiger charge is -2.04. The van der Waals surface area contributed by atoms with Gasteiger partial charge in [-0.1, -0.05) is 0 Å². The number of allylic oxidation sites excluding steroid dienone is 1. The molecule has 1 aromatic heterocycles. The fourth-order valence-electron chi connectivity index (χ4n) is 0.994. The molecule has 1 heterocycles. The van der Waals surface area contributed by atoms with Crippen molar-refractivity contribution in [1.29, 1.82) is 10.5 Å². The molecule has 14 heavy (non-hydrogen) atoms. The Hall–Kier alpha value is -2.33. The molecular formula is C10H7N3O. The standard InChI is InChI=1S/C10H7N3O/c1-14-10(9(6-11)7-12)8-2-4-13-5-3-8/h2-5H,1H3. The number of ether oxygens (including phenoxy) is 1. The predicted molar refractivity (Wildman–Crippen MR) is 49.4 cm³/mol. The highest BCUT2D eigenvalue weighted by Crippen LogP contribution is 2.17. The summed E-state index contributed by atoms with van der Waals surface area (Å²) in [5.74, 6) is 0.275. The number of nitrogens with zero attached hydrogens (tertiary/aromatic N) is 3. The van der Waals surface area contributed by atoms with Crippen molar-refractivity contribution in [2.75, 3.05) is 7.11 Å². The van der Waals surface area contributed by atoms with E-state index >= 15 is 0 Å². The van der Waals surface area contributed by atoms with Gasteiger partial charge >= 0.3 is 0 Å². The number of aromatic nitrogens is 1. The molecule has 1 rings (SSSR count). The van der Waals surface area contributed by atoms with E-state index in [-0.39, 0.29) is 11.3 Å². The summed E-state index contributed by atoms with van der Waals surface area (Å²) in [6.07, 6.45) is 3.14. The van der Waals surface area contributed by atoms with E-state index in [1.54, 1.807) is 36.7 Å². The number of pyridine rings is 1. The topological polar surface area (TPSA) is 69.7 Å². The summed E-state index contributed by atoms with van der Waals surface area (Å²) in [5, 5.41) is 17.3. The van der Waals surface area contributed by atoms with Gasteiger partial charge in [0, 0.05) is 18.0 Å². The van der Waals surface area contributed by atoms with Crippen molar-refractivity contribution in [3.05, 3.63) is 35.7 Å². The van der Waals surface area contributed by atoms with Crippen molar-refractivity contribution in [1.82, 2.24) is 4.98 Å². The molecule has 4 nitrogen and oxygen atoms in total. The maximum Gasteiger partial charge on any atom is 0.172 e. The molecule has 0 N–H and O–H groups in total. The maximum absolute atomic E-state index is 8.66. The van der Waals surface area contributed by atoms with Crippen molar-refractivity contribution < 1.29 is 4.74 Å². The Morgan fingerprint density at radius 3 is 2.29 bits per heavy atom. The molecule has 0 aliphatic heterocycles. The molecule has 0 unspecified atom stereocenters. The van der Waals surface area contributed by atoms with Gasteiger partial charge < -0.3 is 4.74 Å². The molecule has 0 fully saturated rings. The van der Waals surface area contributed by atoms with Gasteiger partial charge in [-0.15, -0.1) is 0 Å². The Kier molecular flexibility index (Phi) is 3.23. The van der Waals surface area contributed by atoms with Crippen LogP contribution in [0, 0.1) is 22.7 Å². The van der Waals surface area contributed by atoms with E-state index in [0.29, 0.717) is 5.56 Å². The van der Waals surface area contributed by atoms with E-state index < -0.39 is 0 Å². The van der Waals surface area contributed by atoms with Crippen LogP contribution in [0.1, 0.15) is 5.56 Å². The largest absolute Gasteiger partial charge is 0.494 e. The number of nitriles is 2. The molecule has 0 saturated heterocycles. The lowest BCUT2D eigenvalue weighted by atomic mass is 10.1. The van der Waals surface area contributed by atoms with Crippen LogP contribution in [0.4, 0.5) is 0 Å². The summed E-state index contributed by atoms with van der Waals surface area (Å²) in [5.41, 5.74) is 0.624. The Labute approximate surface area is 81.7 Å². The van der Waals surface area contributed by atoms with Gasteiger partial charge in [0.2, 0.25) is 0 Å². The lowest BCUT2D eigenvalue weighted by Crippen LogP contribution is -1.91. The molecular weight excluding hydrogens is 178 g/mol. The van der Waals surface area contributed by atoms with E-state index in [4.69, 9.17) is 15.3 Å². The Morgan fingerprint density at radius 1 is 1.29 bits per heavy atom. The van der Waals surface area contributed by atoms with Gasteiger partial charge in [0.1, 0.15) is 12.1 Å². The van der Waals surface area contributed by atoms with Crippen molar-refractivity contribution in [3.63, 3.8) is 0 Å². The van der Waals surface area contributed by atoms with E-state index in [1.165, 1.54) is 7.11 Å². The predicted octanol–water partition coefficient (Wildman–Crippen LogP) is 1.49. The highest BCUT2D eigenvalue weighted by molar-refractivity contribution is 5.70. The Morgan fingerprint density at radius 2 is 1.86 bits per heavy atom. The molecule has 68 valence electrons. The van der Waals surface area contributed by atoms with Crippen molar-refractivity contribution in [2.45, 2.75) is 0 Å². The van der Waals surface area contributed by atoms with Crippen molar-refractivity contribution in [3.8, 4) is 12.1 Å². The monoisotopic (exact) mass is 185 g/mol. The van der Waals surface area contributed by atoms with Gasteiger partial charge in [-0.3, -0.25) is 4.98 Å². The molecule has 0 aromatic carbocycles. The molecule has 0 aliphatic carbocycles. The molecule has 0 radical (unpaired) electrons. The van der Waals surface area contributed by atoms with E-state index in [0.717, 1.165) is 0 Å². The average Bonchev–Trinajstić information content (AvgIpc) is 2.27. The molecule has 4 heteroatoms. The van der Waals surface area contributed by atoms with Crippen LogP contribution in [-0.4, -0.2) is 12.1 Å². The van der Waals surface area contributed by atoms with Crippen LogP contribution in [0.2, 0.25) is 0 Å². The van der Waals surface area contributed by atoms with Gasteiger partial charge in [-0.05, 0) is 12.1 Å². The van der Waals surface area contributed by atoms with E-state index in [9.17, 15) is 0 Å². The Balaban J connectivity index is 3.26. The second-order valence-electron chi connectivity index (χ2n) is 2.37. The SMILES string of the molecule is COC(=C(C#N)C#N)c1ccncc1. The first-order valence-corrected chi connectivity index (χ1v) is 3.82. The third-order valence-corrected chi connectivity index (χ3v) is 1.60. The van der Waals surface area contributed by atoms with Crippen molar-refractivity contribution in [2.24, 2.45) is 0 Å². The lowest BCUT2D eigenvalue weighted by molar-refractivity contribution is 0.369. The second kappa shape index (κ2) is 4.64. The summed E-state index contributed by atoms with van der Waals surface area (Å²) in [6.45, 7) is 0. The summed E-state index contributed by atoms with van der Waals surface area (Å²) >= 11 is 0. The molecule has 1 aromatic rings. The average molecular weight is 185 g/mol. The van der Waals surface area contributed by atoms with Crippen LogP contribution in [0.25, 0.3) is 5.76 Å². The highest BCUT2D eigenvalue weighted by Gasteiger charge is 2.08. The number of hydrogen-bond acceptors (Lipinski definition) is 4. The second-order valence-corrected chi connectivity index (χ2v) is 2.37. The summed E-state index contributed by atoms with van der Waals surface area (Å²) in [6, 6.07) is 6.90. The van der Waals surface area contributed by atoms with Crippen LogP contribution < -0.4 is 0 Å². The normalized spacial score (nSPS) is 8.21. The van der Waals surface area contributed by atoms with Crippen LogP contribution >= 0.6 is 0 Å². The fraction of sp³-hybridized carbons (Fsp3) is 0.100. The summed E-state index contributed by atoms with van der Waals surface area (Å²) in [7, 11) is 1.42. The number of hydrogen-bond donors (Lipinski definition) is 0. The van der Waals surface area contributed by atoms with Crippen LogP contribution in [-0.2, 0) is 4.74 Å². The minimum Gasteiger partial charge on any atom is -0.494 e. The first-order valence-electron chi connectivity index (χ1n) is 3.82. The zero-order chi connectivity index (χ0) is 10.4. The fourth-order valence-corrected chi connectivity index (χ4v) is 0.994. The summed E-state index contributed by atoms with van der Waals surface area (Å²) in [4.78, 5) is 3.83. The highest BCUT2D eigenvalue weighted by atomic mass is 16.5. The first kappa shape index (κ1) is 9.76. The zero-order valence-corrected chi connectivity index (χ0v) is 7.56. The van der Waals surface area contributed by atoms with Crippen LogP contribution in [0.15, 0.2) is 30.1 Å². The molecule has 0 aliphatic rings. The molecule has 0 atom stereocenters. The Bertz CT molecular complexity index is 407. The molecule has 0 spiro atoms. The minimum atomic E-state index is -0.0429.